The minimum absolute atomic E-state index is 0.0517. The number of benzene rings is 2. The molecule has 236 valence electrons. The molecule has 0 bridgehead atoms. The van der Waals surface area contributed by atoms with Gasteiger partial charge >= 0.3 is 12.4 Å². The summed E-state index contributed by atoms with van der Waals surface area (Å²) in [6.07, 6.45) is -9.14. The molecule has 0 spiro atoms. The zero-order valence-electron chi connectivity index (χ0n) is 23.8. The van der Waals surface area contributed by atoms with Gasteiger partial charge in [-0.2, -0.15) is 26.3 Å². The van der Waals surface area contributed by atoms with Crippen LogP contribution in [0.4, 0.5) is 32.0 Å². The van der Waals surface area contributed by atoms with E-state index in [1.807, 2.05) is 0 Å². The van der Waals surface area contributed by atoms with E-state index >= 15 is 0 Å². The van der Waals surface area contributed by atoms with Gasteiger partial charge in [-0.3, -0.25) is 14.4 Å². The number of amides is 2. The number of nitrogens with one attached hydrogen (secondary N) is 2. The van der Waals surface area contributed by atoms with Crippen LogP contribution in [0.1, 0.15) is 79.2 Å². The van der Waals surface area contributed by atoms with Gasteiger partial charge in [-0.15, -0.1) is 0 Å². The Morgan fingerprint density at radius 3 is 2.14 bits per heavy atom. The fourth-order valence-corrected chi connectivity index (χ4v) is 4.88. The number of rotatable bonds is 9. The van der Waals surface area contributed by atoms with E-state index in [4.69, 9.17) is 16.3 Å². The van der Waals surface area contributed by atoms with E-state index in [1.54, 1.807) is 26.8 Å². The van der Waals surface area contributed by atoms with Crippen molar-refractivity contribution in [1.29, 1.82) is 0 Å². The summed E-state index contributed by atoms with van der Waals surface area (Å²) in [7, 11) is 0. The van der Waals surface area contributed by atoms with Crippen molar-refractivity contribution < 1.29 is 45.5 Å². The van der Waals surface area contributed by atoms with Crippen LogP contribution in [0, 0.1) is 17.3 Å². The molecule has 13 heteroatoms. The van der Waals surface area contributed by atoms with Crippen LogP contribution >= 0.6 is 11.6 Å². The first-order valence-electron chi connectivity index (χ1n) is 13.6. The fourth-order valence-electron chi connectivity index (χ4n) is 4.68. The summed E-state index contributed by atoms with van der Waals surface area (Å²) < 4.78 is 82.5. The number of carbonyl (C=O) groups is 3. The molecule has 1 aliphatic carbocycles. The Bertz CT molecular complexity index is 1330. The van der Waals surface area contributed by atoms with Gasteiger partial charge in [0.1, 0.15) is 5.75 Å². The molecule has 0 heterocycles. The third kappa shape index (κ3) is 10.1. The predicted molar refractivity (Wildman–Crippen MR) is 149 cm³/mol. The van der Waals surface area contributed by atoms with Gasteiger partial charge in [0, 0.05) is 24.1 Å². The highest BCUT2D eigenvalue weighted by Crippen LogP contribution is 2.41. The van der Waals surface area contributed by atoms with E-state index < -0.39 is 42.0 Å². The molecule has 2 N–H and O–H groups in total. The number of carbonyl (C=O) groups excluding carboxylic acids is 3. The Balaban J connectivity index is 1.78. The molecule has 43 heavy (non-hydrogen) atoms. The molecule has 1 saturated carbocycles. The van der Waals surface area contributed by atoms with Crippen molar-refractivity contribution >= 4 is 34.9 Å². The van der Waals surface area contributed by atoms with Crippen LogP contribution in [0.2, 0.25) is 5.02 Å². The predicted octanol–water partition coefficient (Wildman–Crippen LogP) is 8.14. The van der Waals surface area contributed by atoms with Crippen molar-refractivity contribution in [2.75, 3.05) is 11.9 Å². The maximum absolute atomic E-state index is 13.2. The number of anilines is 1. The van der Waals surface area contributed by atoms with E-state index in [0.717, 1.165) is 6.07 Å². The van der Waals surface area contributed by atoms with Crippen molar-refractivity contribution in [2.24, 2.45) is 17.3 Å². The summed E-state index contributed by atoms with van der Waals surface area (Å²) in [6.45, 7) is 3.71. The number of halogens is 7. The molecule has 2 aromatic rings. The van der Waals surface area contributed by atoms with Crippen LogP contribution in [0.25, 0.3) is 0 Å². The molecule has 1 aliphatic rings. The minimum atomic E-state index is -4.68. The number of hydrogen-bond acceptors (Lipinski definition) is 4. The van der Waals surface area contributed by atoms with Crippen molar-refractivity contribution in [3.8, 4) is 5.75 Å². The van der Waals surface area contributed by atoms with Gasteiger partial charge in [-0.1, -0.05) is 38.4 Å². The largest absolute Gasteiger partial charge is 0.483 e. The van der Waals surface area contributed by atoms with Gasteiger partial charge in [0.25, 0.3) is 5.91 Å². The van der Waals surface area contributed by atoms with Crippen LogP contribution in [0.5, 0.6) is 5.75 Å². The second kappa shape index (κ2) is 13.6. The number of hydrogen-bond donors (Lipinski definition) is 2. The fraction of sp³-hybridized carbons (Fsp3) is 0.500. The Labute approximate surface area is 250 Å². The van der Waals surface area contributed by atoms with Crippen molar-refractivity contribution in [3.63, 3.8) is 0 Å². The lowest BCUT2D eigenvalue weighted by Crippen LogP contribution is -2.34. The SMILES string of the molecule is CC(C)(C)C(=O)NCc1ccc(Cl)c(C(=O)Nc2ccc(OCC(F)(F)F)c(C(=O)CC3CCC(C(F)(F)F)CC3)c2)c1. The molecule has 0 radical (unpaired) electrons. The maximum Gasteiger partial charge on any atom is 0.422 e. The summed E-state index contributed by atoms with van der Waals surface area (Å²) in [5.41, 5.74) is -0.156. The molecule has 2 aromatic carbocycles. The summed E-state index contributed by atoms with van der Waals surface area (Å²) in [5, 5.41) is 5.43. The van der Waals surface area contributed by atoms with Crippen LogP contribution in [0.15, 0.2) is 36.4 Å². The average molecular weight is 635 g/mol. The molecule has 6 nitrogen and oxygen atoms in total. The quantitative estimate of drug-likeness (QED) is 0.215. The van der Waals surface area contributed by atoms with Gasteiger partial charge in [-0.05, 0) is 67.5 Å². The summed E-state index contributed by atoms with van der Waals surface area (Å²) in [6, 6.07) is 8.14. The van der Waals surface area contributed by atoms with Crippen LogP contribution < -0.4 is 15.4 Å². The minimum Gasteiger partial charge on any atom is -0.483 e. The maximum atomic E-state index is 13.2. The number of alkyl halides is 6. The Hall–Kier alpha value is -3.28. The van der Waals surface area contributed by atoms with Gasteiger partial charge in [0.05, 0.1) is 22.1 Å². The highest BCUT2D eigenvalue weighted by Gasteiger charge is 2.41. The Morgan fingerprint density at radius 2 is 1.56 bits per heavy atom. The van der Waals surface area contributed by atoms with Crippen LogP contribution in [-0.2, 0) is 11.3 Å². The smallest absolute Gasteiger partial charge is 0.422 e. The Morgan fingerprint density at radius 1 is 0.907 bits per heavy atom. The summed E-state index contributed by atoms with van der Waals surface area (Å²) >= 11 is 6.23. The molecule has 0 aliphatic heterocycles. The van der Waals surface area contributed by atoms with E-state index in [0.29, 0.717) is 5.56 Å². The normalized spacial score (nSPS) is 17.7. The van der Waals surface area contributed by atoms with Crippen molar-refractivity contribution in [3.05, 3.63) is 58.1 Å². The number of ether oxygens (including phenoxy) is 1. The third-order valence-corrected chi connectivity index (χ3v) is 7.45. The van der Waals surface area contributed by atoms with Gasteiger partial charge in [0.15, 0.2) is 12.4 Å². The number of Topliss-reactive ketones (excluding diaryl/α,β-unsaturated/α-hetero) is 1. The van der Waals surface area contributed by atoms with Gasteiger partial charge in [0.2, 0.25) is 5.91 Å². The Kier molecular flexibility index (Phi) is 10.8. The molecule has 1 fully saturated rings. The average Bonchev–Trinajstić information content (AvgIpc) is 2.90. The highest BCUT2D eigenvalue weighted by atomic mass is 35.5. The van der Waals surface area contributed by atoms with E-state index in [2.05, 4.69) is 10.6 Å². The van der Waals surface area contributed by atoms with E-state index in [1.165, 1.54) is 24.3 Å². The first-order chi connectivity index (χ1) is 19.8. The van der Waals surface area contributed by atoms with E-state index in [-0.39, 0.29) is 78.1 Å². The molecule has 0 unspecified atom stereocenters. The first-order valence-corrected chi connectivity index (χ1v) is 14.0. The van der Waals surface area contributed by atoms with Gasteiger partial charge < -0.3 is 15.4 Å². The summed E-state index contributed by atoms with van der Waals surface area (Å²) in [5.74, 6) is -3.67. The molecular formula is C30H33ClF6N2O4. The lowest BCUT2D eigenvalue weighted by molar-refractivity contribution is -0.183. The molecule has 2 amide bonds. The number of ketones is 1. The highest BCUT2D eigenvalue weighted by molar-refractivity contribution is 6.34. The standard InChI is InChI=1S/C30H33ClF6N2O4/c1-28(2,3)27(42)38-15-18-6-10-23(31)21(12-18)26(41)39-20-9-11-25(43-16-29(32,33)34)22(14-20)24(40)13-17-4-7-19(8-5-17)30(35,36)37/h6,9-12,14,17,19H,4-5,7-8,13,15-16H2,1-3H3,(H,38,42)(H,39,41). The van der Waals surface area contributed by atoms with Gasteiger partial charge in [-0.25, -0.2) is 0 Å². The molecule has 0 aromatic heterocycles. The zero-order chi connectivity index (χ0) is 32.2. The second-order valence-electron chi connectivity index (χ2n) is 11.7. The molecule has 0 saturated heterocycles. The topological polar surface area (TPSA) is 84.5 Å². The monoisotopic (exact) mass is 634 g/mol. The van der Waals surface area contributed by atoms with Crippen LogP contribution in [-0.4, -0.2) is 36.6 Å². The molecule has 3 rings (SSSR count). The second-order valence-corrected chi connectivity index (χ2v) is 12.1. The van der Waals surface area contributed by atoms with E-state index in [9.17, 15) is 40.7 Å². The van der Waals surface area contributed by atoms with Crippen molar-refractivity contribution in [1.82, 2.24) is 5.32 Å². The first kappa shape index (κ1) is 34.2. The lowest BCUT2D eigenvalue weighted by Gasteiger charge is -2.29. The summed E-state index contributed by atoms with van der Waals surface area (Å²) in [4.78, 5) is 38.5. The van der Waals surface area contributed by atoms with Crippen LogP contribution in [0.3, 0.4) is 0 Å². The molecular weight excluding hydrogens is 602 g/mol. The van der Waals surface area contributed by atoms with Crippen molar-refractivity contribution in [2.45, 2.75) is 71.8 Å². The third-order valence-electron chi connectivity index (χ3n) is 7.12. The lowest BCUT2D eigenvalue weighted by atomic mass is 9.79. The zero-order valence-corrected chi connectivity index (χ0v) is 24.6. The molecule has 0 atom stereocenters.